The van der Waals surface area contributed by atoms with Gasteiger partial charge in [-0.05, 0) is 48.1 Å². The second-order valence-corrected chi connectivity index (χ2v) is 6.89. The van der Waals surface area contributed by atoms with E-state index >= 15 is 0 Å². The van der Waals surface area contributed by atoms with Gasteiger partial charge in [0.25, 0.3) is 0 Å². The summed E-state index contributed by atoms with van der Waals surface area (Å²) in [4.78, 5) is 2.38. The van der Waals surface area contributed by atoms with Gasteiger partial charge in [0, 0.05) is 18.7 Å². The first-order chi connectivity index (χ1) is 9.88. The molecule has 2 rings (SSSR count). The highest BCUT2D eigenvalue weighted by atomic mass is 19.1. The highest BCUT2D eigenvalue weighted by Crippen LogP contribution is 2.34. The Labute approximate surface area is 127 Å². The quantitative estimate of drug-likeness (QED) is 0.846. The van der Waals surface area contributed by atoms with Crippen LogP contribution in [0.25, 0.3) is 0 Å². The molecule has 1 saturated heterocycles. The number of hydrogen-bond donors (Lipinski definition) is 1. The Balaban J connectivity index is 2.05. The lowest BCUT2D eigenvalue weighted by Gasteiger charge is -2.27. The second kappa shape index (κ2) is 6.60. The van der Waals surface area contributed by atoms with Crippen molar-refractivity contribution in [2.75, 3.05) is 19.7 Å². The van der Waals surface area contributed by atoms with Gasteiger partial charge >= 0.3 is 0 Å². The molecule has 1 unspecified atom stereocenters. The van der Waals surface area contributed by atoms with Crippen LogP contribution in [-0.2, 0) is 6.54 Å². The summed E-state index contributed by atoms with van der Waals surface area (Å²) < 4.78 is 13.6. The summed E-state index contributed by atoms with van der Waals surface area (Å²) in [6.07, 6.45) is 1.20. The topological polar surface area (TPSA) is 23.5 Å². The number of halogens is 1. The third-order valence-corrected chi connectivity index (χ3v) is 4.17. The van der Waals surface area contributed by atoms with Gasteiger partial charge in [0.05, 0.1) is 0 Å². The SMILES string of the molecule is CC(C)(C)C1CCN(Cc2cc(F)cc(C#CCO)c2)C1. The van der Waals surface area contributed by atoms with Gasteiger partial charge in [-0.25, -0.2) is 4.39 Å². The normalized spacial score (nSPS) is 19.4. The maximum Gasteiger partial charge on any atom is 0.124 e. The van der Waals surface area contributed by atoms with Gasteiger partial charge in [0.2, 0.25) is 0 Å². The maximum atomic E-state index is 13.6. The van der Waals surface area contributed by atoms with E-state index < -0.39 is 0 Å². The number of benzene rings is 1. The molecule has 0 spiro atoms. The molecule has 0 aliphatic carbocycles. The number of aliphatic hydroxyl groups excluding tert-OH is 1. The van der Waals surface area contributed by atoms with Crippen LogP contribution in [0.2, 0.25) is 0 Å². The molecule has 21 heavy (non-hydrogen) atoms. The first kappa shape index (κ1) is 16.0. The van der Waals surface area contributed by atoms with Crippen LogP contribution in [0.3, 0.4) is 0 Å². The molecule has 1 aromatic rings. The summed E-state index contributed by atoms with van der Waals surface area (Å²) in [6.45, 7) is 9.54. The van der Waals surface area contributed by atoms with Crippen molar-refractivity contribution in [1.82, 2.24) is 4.90 Å². The van der Waals surface area contributed by atoms with Crippen LogP contribution in [0.1, 0.15) is 38.3 Å². The predicted molar refractivity (Wildman–Crippen MR) is 83.2 cm³/mol. The zero-order valence-corrected chi connectivity index (χ0v) is 13.1. The first-order valence-electron chi connectivity index (χ1n) is 7.50. The van der Waals surface area contributed by atoms with Crippen molar-refractivity contribution in [2.24, 2.45) is 11.3 Å². The third-order valence-electron chi connectivity index (χ3n) is 4.17. The lowest BCUT2D eigenvalue weighted by molar-refractivity contribution is 0.226. The number of likely N-dealkylation sites (tertiary alicyclic amines) is 1. The van der Waals surface area contributed by atoms with E-state index in [2.05, 4.69) is 37.5 Å². The van der Waals surface area contributed by atoms with E-state index in [9.17, 15) is 4.39 Å². The summed E-state index contributed by atoms with van der Waals surface area (Å²) in [6, 6.07) is 4.90. The fraction of sp³-hybridized carbons (Fsp3) is 0.556. The van der Waals surface area contributed by atoms with E-state index in [0.717, 1.165) is 25.2 Å². The largest absolute Gasteiger partial charge is 0.384 e. The van der Waals surface area contributed by atoms with Gasteiger partial charge in [-0.2, -0.15) is 0 Å². The summed E-state index contributed by atoms with van der Waals surface area (Å²) in [5, 5.41) is 8.73. The Bertz CT molecular complexity index is 551. The van der Waals surface area contributed by atoms with Gasteiger partial charge in [-0.15, -0.1) is 0 Å². The first-order valence-corrected chi connectivity index (χ1v) is 7.50. The molecule has 1 aliphatic heterocycles. The Hall–Kier alpha value is -1.37. The molecule has 114 valence electrons. The predicted octanol–water partition coefficient (Wildman–Crippen LogP) is 3.04. The van der Waals surface area contributed by atoms with Gasteiger partial charge < -0.3 is 5.11 Å². The molecule has 1 aliphatic rings. The molecule has 0 amide bonds. The van der Waals surface area contributed by atoms with Crippen LogP contribution in [0.15, 0.2) is 18.2 Å². The Morgan fingerprint density at radius 2 is 2.10 bits per heavy atom. The van der Waals surface area contributed by atoms with Gasteiger partial charge in [0.1, 0.15) is 12.4 Å². The molecule has 0 saturated carbocycles. The number of hydrogen-bond acceptors (Lipinski definition) is 2. The number of aliphatic hydroxyl groups is 1. The minimum atomic E-state index is -0.263. The molecule has 1 aromatic carbocycles. The number of rotatable bonds is 2. The highest BCUT2D eigenvalue weighted by Gasteiger charge is 2.31. The van der Waals surface area contributed by atoms with Crippen LogP contribution in [0.4, 0.5) is 4.39 Å². The van der Waals surface area contributed by atoms with Crippen LogP contribution in [0, 0.1) is 29.0 Å². The fourth-order valence-electron chi connectivity index (χ4n) is 2.90. The van der Waals surface area contributed by atoms with E-state index in [1.54, 1.807) is 6.07 Å². The summed E-state index contributed by atoms with van der Waals surface area (Å²) >= 11 is 0. The monoisotopic (exact) mass is 289 g/mol. The van der Waals surface area contributed by atoms with Gasteiger partial charge in [-0.1, -0.05) is 32.6 Å². The van der Waals surface area contributed by atoms with Crippen molar-refractivity contribution in [3.05, 3.63) is 35.1 Å². The third kappa shape index (κ3) is 4.56. The molecule has 1 N–H and O–H groups in total. The molecular formula is C18H24FNO. The maximum absolute atomic E-state index is 13.6. The fourth-order valence-corrected chi connectivity index (χ4v) is 2.90. The van der Waals surface area contributed by atoms with Crippen molar-refractivity contribution in [3.8, 4) is 11.8 Å². The minimum absolute atomic E-state index is 0.203. The molecule has 3 heteroatoms. The average molecular weight is 289 g/mol. The molecule has 2 nitrogen and oxygen atoms in total. The van der Waals surface area contributed by atoms with E-state index in [1.807, 2.05) is 6.07 Å². The molecule has 1 atom stereocenters. The van der Waals surface area contributed by atoms with Crippen molar-refractivity contribution in [3.63, 3.8) is 0 Å². The number of nitrogens with zero attached hydrogens (tertiary/aromatic N) is 1. The van der Waals surface area contributed by atoms with Crippen molar-refractivity contribution >= 4 is 0 Å². The van der Waals surface area contributed by atoms with E-state index in [1.165, 1.54) is 12.5 Å². The van der Waals surface area contributed by atoms with E-state index in [4.69, 9.17) is 5.11 Å². The van der Waals surface area contributed by atoms with Crippen LogP contribution >= 0.6 is 0 Å². The van der Waals surface area contributed by atoms with Crippen LogP contribution in [0.5, 0.6) is 0 Å². The zero-order valence-electron chi connectivity index (χ0n) is 13.1. The van der Waals surface area contributed by atoms with E-state index in [-0.39, 0.29) is 12.4 Å². The highest BCUT2D eigenvalue weighted by molar-refractivity contribution is 5.37. The second-order valence-electron chi connectivity index (χ2n) is 6.89. The van der Waals surface area contributed by atoms with Gasteiger partial charge in [-0.3, -0.25) is 4.90 Å². The molecule has 0 radical (unpaired) electrons. The standard InChI is InChI=1S/C18H24FNO/c1-18(2,3)16-6-7-20(13-16)12-15-9-14(5-4-8-21)10-17(19)11-15/h9-11,16,21H,6-8,12-13H2,1-3H3. The van der Waals surface area contributed by atoms with Crippen LogP contribution in [-0.4, -0.2) is 29.7 Å². The summed E-state index contributed by atoms with van der Waals surface area (Å²) in [5.41, 5.74) is 1.91. The zero-order chi connectivity index (χ0) is 15.5. The Kier molecular flexibility index (Phi) is 5.03. The van der Waals surface area contributed by atoms with Gasteiger partial charge in [0.15, 0.2) is 0 Å². The lowest BCUT2D eigenvalue weighted by Crippen LogP contribution is -2.25. The molecular weight excluding hydrogens is 265 g/mol. The van der Waals surface area contributed by atoms with Crippen molar-refractivity contribution in [2.45, 2.75) is 33.7 Å². The Morgan fingerprint density at radius 1 is 1.33 bits per heavy atom. The summed E-state index contributed by atoms with van der Waals surface area (Å²) in [5.74, 6) is 5.77. The van der Waals surface area contributed by atoms with E-state index in [0.29, 0.717) is 16.9 Å². The molecule has 0 bridgehead atoms. The smallest absolute Gasteiger partial charge is 0.124 e. The Morgan fingerprint density at radius 3 is 2.71 bits per heavy atom. The molecule has 1 heterocycles. The summed E-state index contributed by atoms with van der Waals surface area (Å²) in [7, 11) is 0. The molecule has 1 fully saturated rings. The van der Waals surface area contributed by atoms with Crippen LogP contribution < -0.4 is 0 Å². The van der Waals surface area contributed by atoms with Crippen molar-refractivity contribution in [1.29, 1.82) is 0 Å². The lowest BCUT2D eigenvalue weighted by atomic mass is 9.80. The average Bonchev–Trinajstić information content (AvgIpc) is 2.84. The van der Waals surface area contributed by atoms with Crippen molar-refractivity contribution < 1.29 is 9.50 Å². The minimum Gasteiger partial charge on any atom is -0.384 e. The molecule has 0 aromatic heterocycles.